The first-order chi connectivity index (χ1) is 8.40. The van der Waals surface area contributed by atoms with Crippen LogP contribution in [0.4, 0.5) is 5.69 Å². The zero-order valence-electron chi connectivity index (χ0n) is 10.8. The van der Waals surface area contributed by atoms with Crippen LogP contribution >= 0.6 is 15.9 Å². The number of nitrogens with zero attached hydrogens (tertiary/aromatic N) is 3. The minimum atomic E-state index is -0.137. The van der Waals surface area contributed by atoms with Gasteiger partial charge in [-0.15, -0.1) is 0 Å². The molecule has 96 valence electrons. The van der Waals surface area contributed by atoms with Crippen LogP contribution in [0.5, 0.6) is 0 Å². The minimum Gasteiger partial charge on any atom is -0.345 e. The van der Waals surface area contributed by atoms with Gasteiger partial charge in [0.1, 0.15) is 5.69 Å². The van der Waals surface area contributed by atoms with Gasteiger partial charge in [-0.05, 0) is 35.8 Å². The number of anilines is 1. The monoisotopic (exact) mass is 310 g/mol. The van der Waals surface area contributed by atoms with E-state index < -0.39 is 0 Å². The number of amides is 1. The lowest BCUT2D eigenvalue weighted by molar-refractivity contribution is 0.101. The maximum Gasteiger partial charge on any atom is 0.272 e. The molecule has 0 aliphatic heterocycles. The van der Waals surface area contributed by atoms with E-state index in [1.807, 2.05) is 34.1 Å². The summed E-state index contributed by atoms with van der Waals surface area (Å²) in [5.74, 6) is -0.137. The van der Waals surface area contributed by atoms with Crippen LogP contribution in [-0.4, -0.2) is 20.3 Å². The molecule has 2 aromatic heterocycles. The highest BCUT2D eigenvalue weighted by molar-refractivity contribution is 9.10. The summed E-state index contributed by atoms with van der Waals surface area (Å²) in [5, 5.41) is 7.18. The van der Waals surface area contributed by atoms with Crippen LogP contribution < -0.4 is 5.32 Å². The molecule has 0 saturated carbocycles. The molecule has 1 amide bonds. The van der Waals surface area contributed by atoms with Gasteiger partial charge in [0, 0.05) is 24.8 Å². The summed E-state index contributed by atoms with van der Waals surface area (Å²) in [6, 6.07) is 1.79. The standard InChI is InChI=1S/C12H15BrN4O/c1-7-11(8(2)17(4)15-7)14-12(18)10-5-9(13)6-16(10)3/h5-6H,1-4H3,(H,14,18). The number of rotatable bonds is 2. The normalized spacial score (nSPS) is 10.7. The summed E-state index contributed by atoms with van der Waals surface area (Å²) in [6.45, 7) is 3.81. The quantitative estimate of drug-likeness (QED) is 0.926. The van der Waals surface area contributed by atoms with Crippen LogP contribution in [0.2, 0.25) is 0 Å². The van der Waals surface area contributed by atoms with Crippen LogP contribution in [0, 0.1) is 13.8 Å². The Morgan fingerprint density at radius 1 is 1.39 bits per heavy atom. The van der Waals surface area contributed by atoms with Gasteiger partial charge in [0.15, 0.2) is 0 Å². The number of carbonyl (C=O) groups is 1. The van der Waals surface area contributed by atoms with Gasteiger partial charge >= 0.3 is 0 Å². The highest BCUT2D eigenvalue weighted by atomic mass is 79.9. The minimum absolute atomic E-state index is 0.137. The third-order valence-electron chi connectivity index (χ3n) is 2.95. The molecule has 0 spiro atoms. The number of nitrogens with one attached hydrogen (secondary N) is 1. The van der Waals surface area contributed by atoms with Crippen molar-refractivity contribution in [3.8, 4) is 0 Å². The number of aryl methyl sites for hydroxylation is 3. The topological polar surface area (TPSA) is 51.9 Å². The van der Waals surface area contributed by atoms with Crippen LogP contribution in [0.1, 0.15) is 21.9 Å². The fourth-order valence-corrected chi connectivity index (χ4v) is 2.41. The van der Waals surface area contributed by atoms with E-state index in [-0.39, 0.29) is 5.91 Å². The summed E-state index contributed by atoms with van der Waals surface area (Å²) in [5.41, 5.74) is 3.13. The lowest BCUT2D eigenvalue weighted by atomic mass is 10.3. The molecular weight excluding hydrogens is 296 g/mol. The Morgan fingerprint density at radius 2 is 2.06 bits per heavy atom. The second-order valence-corrected chi connectivity index (χ2v) is 5.19. The second-order valence-electron chi connectivity index (χ2n) is 4.28. The van der Waals surface area contributed by atoms with Crippen molar-refractivity contribution in [2.75, 3.05) is 5.32 Å². The van der Waals surface area contributed by atoms with Gasteiger partial charge in [-0.25, -0.2) is 0 Å². The van der Waals surface area contributed by atoms with Crippen molar-refractivity contribution in [1.82, 2.24) is 14.3 Å². The van der Waals surface area contributed by atoms with E-state index in [1.54, 1.807) is 15.3 Å². The van der Waals surface area contributed by atoms with Crippen molar-refractivity contribution >= 4 is 27.5 Å². The number of halogens is 1. The van der Waals surface area contributed by atoms with Crippen molar-refractivity contribution in [1.29, 1.82) is 0 Å². The molecule has 1 N–H and O–H groups in total. The number of aromatic nitrogens is 3. The summed E-state index contributed by atoms with van der Waals surface area (Å²) in [7, 11) is 3.69. The lowest BCUT2D eigenvalue weighted by Gasteiger charge is -2.06. The molecule has 0 saturated heterocycles. The molecule has 2 heterocycles. The predicted octanol–water partition coefficient (Wildman–Crippen LogP) is 2.39. The van der Waals surface area contributed by atoms with Gasteiger partial charge in [0.05, 0.1) is 17.1 Å². The molecule has 0 unspecified atom stereocenters. The van der Waals surface area contributed by atoms with Gasteiger partial charge in [-0.1, -0.05) is 0 Å². The van der Waals surface area contributed by atoms with Gasteiger partial charge < -0.3 is 9.88 Å². The van der Waals surface area contributed by atoms with E-state index in [1.165, 1.54) is 0 Å². The smallest absolute Gasteiger partial charge is 0.272 e. The molecule has 0 aromatic carbocycles. The average molecular weight is 311 g/mol. The maximum absolute atomic E-state index is 12.2. The van der Waals surface area contributed by atoms with Crippen molar-refractivity contribution < 1.29 is 4.79 Å². The highest BCUT2D eigenvalue weighted by Crippen LogP contribution is 2.20. The predicted molar refractivity (Wildman–Crippen MR) is 73.7 cm³/mol. The first-order valence-corrected chi connectivity index (χ1v) is 6.33. The number of hydrogen-bond acceptors (Lipinski definition) is 2. The van der Waals surface area contributed by atoms with Gasteiger partial charge in [-0.2, -0.15) is 5.10 Å². The average Bonchev–Trinajstić information content (AvgIpc) is 2.73. The summed E-state index contributed by atoms with van der Waals surface area (Å²) >= 11 is 3.35. The number of hydrogen-bond donors (Lipinski definition) is 1. The van der Waals surface area contributed by atoms with E-state index in [0.717, 1.165) is 21.5 Å². The first-order valence-electron chi connectivity index (χ1n) is 5.53. The van der Waals surface area contributed by atoms with Gasteiger partial charge in [0.25, 0.3) is 5.91 Å². The SMILES string of the molecule is Cc1nn(C)c(C)c1NC(=O)c1cc(Br)cn1C. The Hall–Kier alpha value is -1.56. The maximum atomic E-state index is 12.2. The molecule has 0 radical (unpaired) electrons. The van der Waals surface area contributed by atoms with Crippen LogP contribution in [0.3, 0.4) is 0 Å². The molecule has 0 aliphatic rings. The van der Waals surface area contributed by atoms with Crippen molar-refractivity contribution in [2.24, 2.45) is 14.1 Å². The lowest BCUT2D eigenvalue weighted by Crippen LogP contribution is -2.16. The Balaban J connectivity index is 2.29. The zero-order chi connectivity index (χ0) is 13.4. The molecule has 18 heavy (non-hydrogen) atoms. The van der Waals surface area contributed by atoms with Crippen molar-refractivity contribution in [2.45, 2.75) is 13.8 Å². The van der Waals surface area contributed by atoms with E-state index in [9.17, 15) is 4.79 Å². The molecule has 0 aliphatic carbocycles. The van der Waals surface area contributed by atoms with Crippen molar-refractivity contribution in [3.63, 3.8) is 0 Å². The molecule has 0 atom stereocenters. The summed E-state index contributed by atoms with van der Waals surface area (Å²) in [6.07, 6.45) is 1.85. The third-order valence-corrected chi connectivity index (χ3v) is 3.39. The van der Waals surface area contributed by atoms with Gasteiger partial charge in [-0.3, -0.25) is 9.48 Å². The van der Waals surface area contributed by atoms with Crippen LogP contribution in [-0.2, 0) is 14.1 Å². The van der Waals surface area contributed by atoms with Crippen molar-refractivity contribution in [3.05, 3.63) is 33.8 Å². The summed E-state index contributed by atoms with van der Waals surface area (Å²) in [4.78, 5) is 12.2. The van der Waals surface area contributed by atoms with E-state index in [4.69, 9.17) is 0 Å². The largest absolute Gasteiger partial charge is 0.345 e. The Bertz CT molecular complexity index is 612. The molecule has 5 nitrogen and oxygen atoms in total. The highest BCUT2D eigenvalue weighted by Gasteiger charge is 2.16. The molecule has 2 aromatic rings. The Morgan fingerprint density at radius 3 is 2.50 bits per heavy atom. The molecular formula is C12H15BrN4O. The van der Waals surface area contributed by atoms with E-state index in [0.29, 0.717) is 5.69 Å². The zero-order valence-corrected chi connectivity index (χ0v) is 12.4. The first kappa shape index (κ1) is 12.9. The van der Waals surface area contributed by atoms with Crippen LogP contribution in [0.15, 0.2) is 16.7 Å². The van der Waals surface area contributed by atoms with Crippen LogP contribution in [0.25, 0.3) is 0 Å². The Kier molecular flexibility index (Phi) is 3.30. The molecule has 2 rings (SSSR count). The third kappa shape index (κ3) is 2.20. The number of carbonyl (C=O) groups excluding carboxylic acids is 1. The second kappa shape index (κ2) is 4.61. The fourth-order valence-electron chi connectivity index (χ4n) is 1.88. The molecule has 0 fully saturated rings. The van der Waals surface area contributed by atoms with Gasteiger partial charge in [0.2, 0.25) is 0 Å². The fraction of sp³-hybridized carbons (Fsp3) is 0.333. The molecule has 6 heteroatoms. The van der Waals surface area contributed by atoms with E-state index in [2.05, 4.69) is 26.3 Å². The van der Waals surface area contributed by atoms with E-state index >= 15 is 0 Å². The summed E-state index contributed by atoms with van der Waals surface area (Å²) < 4.78 is 4.42. The molecule has 0 bridgehead atoms. The Labute approximate surface area is 114 Å².